The summed E-state index contributed by atoms with van der Waals surface area (Å²) in [5.41, 5.74) is 4.23. The van der Waals surface area contributed by atoms with E-state index in [1.807, 2.05) is 36.6 Å². The van der Waals surface area contributed by atoms with E-state index < -0.39 is 11.1 Å². The van der Waals surface area contributed by atoms with Gasteiger partial charge in [-0.25, -0.2) is 4.90 Å². The Morgan fingerprint density at radius 3 is 2.47 bits per heavy atom. The zero-order chi connectivity index (χ0) is 25.6. The van der Waals surface area contributed by atoms with E-state index in [4.69, 9.17) is 11.6 Å². The molecule has 0 atom stereocenters. The molecular formula is C26H23ClN4O4S. The third-order valence-corrected chi connectivity index (χ3v) is 7.58. The van der Waals surface area contributed by atoms with Gasteiger partial charge in [0.25, 0.3) is 16.8 Å². The van der Waals surface area contributed by atoms with Gasteiger partial charge >= 0.3 is 0 Å². The van der Waals surface area contributed by atoms with Crippen molar-refractivity contribution in [3.63, 3.8) is 0 Å². The maximum Gasteiger partial charge on any atom is 0.298 e. The van der Waals surface area contributed by atoms with E-state index in [-0.39, 0.29) is 10.6 Å². The molecule has 5 rings (SSSR count). The smallest absolute Gasteiger partial charge is 0.298 e. The SMILES string of the molecule is Cc1cc(/C=C2\SC(=O)N(c3cccc(Cl)c3)C2=O)c(C)n1-c1ccc(N2CCCC2)c([N+](=O)[O-])c1. The third kappa shape index (κ3) is 4.29. The summed E-state index contributed by atoms with van der Waals surface area (Å²) in [6, 6.07) is 13.8. The molecule has 2 saturated heterocycles. The standard InChI is InChI=1S/C26H23ClN4O4S/c1-16-12-18(13-24-25(32)30(26(33)36-24)20-7-5-6-19(27)14-20)17(2)29(16)21-8-9-22(23(15-21)31(34)35)28-10-3-4-11-28/h5-9,12-15H,3-4,10-11H2,1-2H3/b24-13-. The lowest BCUT2D eigenvalue weighted by Crippen LogP contribution is -2.27. The van der Waals surface area contributed by atoms with Gasteiger partial charge in [-0.2, -0.15) is 0 Å². The number of thioether (sulfide) groups is 1. The number of aryl methyl sites for hydroxylation is 1. The summed E-state index contributed by atoms with van der Waals surface area (Å²) < 4.78 is 1.92. The van der Waals surface area contributed by atoms with Crippen molar-refractivity contribution < 1.29 is 14.5 Å². The van der Waals surface area contributed by atoms with Crippen molar-refractivity contribution in [1.82, 2.24) is 4.57 Å². The summed E-state index contributed by atoms with van der Waals surface area (Å²) in [5, 5.41) is 11.9. The van der Waals surface area contributed by atoms with Gasteiger partial charge < -0.3 is 9.47 Å². The molecule has 2 aromatic carbocycles. The van der Waals surface area contributed by atoms with Crippen molar-refractivity contribution >= 4 is 57.6 Å². The molecular weight excluding hydrogens is 500 g/mol. The van der Waals surface area contributed by atoms with E-state index in [9.17, 15) is 19.7 Å². The van der Waals surface area contributed by atoms with Crippen molar-refractivity contribution in [1.29, 1.82) is 0 Å². The molecule has 10 heteroatoms. The number of rotatable bonds is 5. The van der Waals surface area contributed by atoms with Crippen LogP contribution in [0, 0.1) is 24.0 Å². The fourth-order valence-corrected chi connectivity index (χ4v) is 5.82. The zero-order valence-corrected chi connectivity index (χ0v) is 21.3. The highest BCUT2D eigenvalue weighted by molar-refractivity contribution is 8.19. The summed E-state index contributed by atoms with van der Waals surface area (Å²) in [7, 11) is 0. The van der Waals surface area contributed by atoms with Gasteiger partial charge in [0.2, 0.25) is 0 Å². The number of amides is 2. The van der Waals surface area contributed by atoms with Gasteiger partial charge in [-0.05, 0) is 86.5 Å². The Labute approximate surface area is 217 Å². The highest BCUT2D eigenvalue weighted by Crippen LogP contribution is 2.38. The van der Waals surface area contributed by atoms with E-state index in [0.717, 1.165) is 59.5 Å². The van der Waals surface area contributed by atoms with Crippen LogP contribution in [0.4, 0.5) is 21.9 Å². The molecule has 8 nitrogen and oxygen atoms in total. The topological polar surface area (TPSA) is 88.7 Å². The highest BCUT2D eigenvalue weighted by Gasteiger charge is 2.36. The van der Waals surface area contributed by atoms with Crippen LogP contribution < -0.4 is 9.80 Å². The number of anilines is 2. The molecule has 3 aromatic rings. The Morgan fingerprint density at radius 1 is 1.03 bits per heavy atom. The minimum Gasteiger partial charge on any atom is -0.366 e. The maximum absolute atomic E-state index is 13.1. The summed E-state index contributed by atoms with van der Waals surface area (Å²) in [6.07, 6.45) is 3.75. The van der Waals surface area contributed by atoms with E-state index in [0.29, 0.717) is 27.0 Å². The number of nitro benzene ring substituents is 1. The minimum atomic E-state index is -0.414. The lowest BCUT2D eigenvalue weighted by atomic mass is 10.2. The molecule has 0 aliphatic carbocycles. The number of nitrogens with zero attached hydrogens (tertiary/aromatic N) is 4. The molecule has 2 amide bonds. The fourth-order valence-electron chi connectivity index (χ4n) is 4.80. The number of carbonyl (C=O) groups is 2. The highest BCUT2D eigenvalue weighted by atomic mass is 35.5. The molecule has 0 radical (unpaired) electrons. The van der Waals surface area contributed by atoms with E-state index in [1.165, 1.54) is 0 Å². The van der Waals surface area contributed by atoms with Gasteiger partial charge in [0, 0.05) is 35.6 Å². The molecule has 0 N–H and O–H groups in total. The number of hydrogen-bond acceptors (Lipinski definition) is 6. The van der Waals surface area contributed by atoms with Crippen LogP contribution in [-0.4, -0.2) is 33.7 Å². The first kappa shape index (κ1) is 24.1. The second-order valence-corrected chi connectivity index (χ2v) is 10.2. The van der Waals surface area contributed by atoms with Crippen LogP contribution in [-0.2, 0) is 4.79 Å². The molecule has 3 heterocycles. The monoisotopic (exact) mass is 522 g/mol. The first-order valence-electron chi connectivity index (χ1n) is 11.5. The summed E-state index contributed by atoms with van der Waals surface area (Å²) in [5.74, 6) is -0.414. The van der Waals surface area contributed by atoms with Gasteiger partial charge in [-0.3, -0.25) is 19.7 Å². The van der Waals surface area contributed by atoms with Crippen LogP contribution in [0.1, 0.15) is 29.8 Å². The Hall–Kier alpha value is -3.56. The molecule has 0 bridgehead atoms. The number of aromatic nitrogens is 1. The van der Waals surface area contributed by atoms with Gasteiger partial charge in [-0.15, -0.1) is 0 Å². The van der Waals surface area contributed by atoms with Crippen LogP contribution in [0.25, 0.3) is 11.8 Å². The van der Waals surface area contributed by atoms with E-state index in [1.54, 1.807) is 36.4 Å². The van der Waals surface area contributed by atoms with E-state index in [2.05, 4.69) is 4.90 Å². The Bertz CT molecular complexity index is 1440. The molecule has 0 unspecified atom stereocenters. The number of nitro groups is 1. The summed E-state index contributed by atoms with van der Waals surface area (Å²) in [4.78, 5) is 40.7. The fraction of sp³-hybridized carbons (Fsp3) is 0.231. The first-order valence-corrected chi connectivity index (χ1v) is 12.7. The number of halogens is 1. The Kier molecular flexibility index (Phi) is 6.36. The predicted octanol–water partition coefficient (Wildman–Crippen LogP) is 6.50. The predicted molar refractivity (Wildman–Crippen MR) is 143 cm³/mol. The lowest BCUT2D eigenvalue weighted by Gasteiger charge is -2.19. The second kappa shape index (κ2) is 9.48. The second-order valence-electron chi connectivity index (χ2n) is 8.78. The molecule has 2 aliphatic rings. The maximum atomic E-state index is 13.1. The van der Waals surface area contributed by atoms with Gasteiger partial charge in [0.15, 0.2) is 0 Å². The molecule has 2 fully saturated rings. The average molecular weight is 523 g/mol. The molecule has 0 spiro atoms. The van der Waals surface area contributed by atoms with Gasteiger partial charge in [-0.1, -0.05) is 17.7 Å². The third-order valence-electron chi connectivity index (χ3n) is 6.48. The molecule has 184 valence electrons. The van der Waals surface area contributed by atoms with Crippen LogP contribution in [0.2, 0.25) is 5.02 Å². The van der Waals surface area contributed by atoms with Gasteiger partial charge in [0.05, 0.1) is 21.2 Å². The number of hydrogen-bond donors (Lipinski definition) is 0. The van der Waals surface area contributed by atoms with Crippen molar-refractivity contribution in [3.8, 4) is 5.69 Å². The zero-order valence-electron chi connectivity index (χ0n) is 19.7. The Morgan fingerprint density at radius 2 is 1.78 bits per heavy atom. The number of imide groups is 1. The van der Waals surface area contributed by atoms with Crippen LogP contribution in [0.15, 0.2) is 53.4 Å². The summed E-state index contributed by atoms with van der Waals surface area (Å²) >= 11 is 6.91. The number of carbonyl (C=O) groups excluding carboxylic acids is 2. The van der Waals surface area contributed by atoms with Crippen LogP contribution in [0.5, 0.6) is 0 Å². The first-order chi connectivity index (χ1) is 17.2. The number of benzene rings is 2. The minimum absolute atomic E-state index is 0.0751. The average Bonchev–Trinajstić information content (AvgIpc) is 3.53. The lowest BCUT2D eigenvalue weighted by molar-refractivity contribution is -0.384. The largest absolute Gasteiger partial charge is 0.366 e. The molecule has 1 aromatic heterocycles. The Balaban J connectivity index is 1.50. The van der Waals surface area contributed by atoms with E-state index >= 15 is 0 Å². The van der Waals surface area contributed by atoms with Gasteiger partial charge in [0.1, 0.15) is 5.69 Å². The van der Waals surface area contributed by atoms with Crippen molar-refractivity contribution in [2.24, 2.45) is 0 Å². The molecule has 2 aliphatic heterocycles. The van der Waals surface area contributed by atoms with Crippen molar-refractivity contribution in [2.75, 3.05) is 22.9 Å². The quantitative estimate of drug-likeness (QED) is 0.216. The normalized spacial score (nSPS) is 17.0. The molecule has 36 heavy (non-hydrogen) atoms. The van der Waals surface area contributed by atoms with Crippen LogP contribution >= 0.6 is 23.4 Å². The van der Waals surface area contributed by atoms with Crippen molar-refractivity contribution in [2.45, 2.75) is 26.7 Å². The molecule has 0 saturated carbocycles. The summed E-state index contributed by atoms with van der Waals surface area (Å²) in [6.45, 7) is 5.43. The van der Waals surface area contributed by atoms with Crippen molar-refractivity contribution in [3.05, 3.63) is 85.5 Å². The van der Waals surface area contributed by atoms with Crippen LogP contribution in [0.3, 0.4) is 0 Å².